The second-order valence-corrected chi connectivity index (χ2v) is 5.31. The van der Waals surface area contributed by atoms with Crippen molar-refractivity contribution in [2.24, 2.45) is 5.92 Å². The third-order valence-electron chi connectivity index (χ3n) is 3.82. The van der Waals surface area contributed by atoms with Gasteiger partial charge in [-0.05, 0) is 50.9 Å². The average molecular weight is 271 g/mol. The summed E-state index contributed by atoms with van der Waals surface area (Å²) in [7, 11) is 0. The molecule has 2 aromatic rings. The number of aromatic nitrogens is 3. The maximum Gasteiger partial charge on any atom is 0.161 e. The van der Waals surface area contributed by atoms with Gasteiger partial charge in [-0.2, -0.15) is 0 Å². The second-order valence-electron chi connectivity index (χ2n) is 5.31. The first kappa shape index (κ1) is 13.1. The van der Waals surface area contributed by atoms with Crippen LogP contribution in [0.5, 0.6) is 0 Å². The summed E-state index contributed by atoms with van der Waals surface area (Å²) >= 11 is 0. The van der Waals surface area contributed by atoms with Gasteiger partial charge < -0.3 is 10.6 Å². The molecule has 1 atom stereocenters. The topological polar surface area (TPSA) is 54.8 Å². The lowest BCUT2D eigenvalue weighted by Crippen LogP contribution is -2.33. The van der Waals surface area contributed by atoms with E-state index in [0.717, 1.165) is 37.0 Å². The highest BCUT2D eigenvalue weighted by molar-refractivity contribution is 5.57. The van der Waals surface area contributed by atoms with Crippen LogP contribution in [-0.2, 0) is 0 Å². The van der Waals surface area contributed by atoms with E-state index in [-0.39, 0.29) is 0 Å². The van der Waals surface area contributed by atoms with E-state index in [1.165, 1.54) is 12.8 Å². The number of imidazole rings is 1. The number of nitrogens with zero attached hydrogens (tertiary/aromatic N) is 3. The molecule has 1 unspecified atom stereocenters. The molecule has 5 nitrogen and oxygen atoms in total. The Labute approximate surface area is 119 Å². The number of anilines is 1. The Hall–Kier alpha value is -1.88. The van der Waals surface area contributed by atoms with Crippen molar-refractivity contribution in [3.05, 3.63) is 36.5 Å². The summed E-state index contributed by atoms with van der Waals surface area (Å²) in [5, 5.41) is 7.00. The molecule has 20 heavy (non-hydrogen) atoms. The molecule has 1 fully saturated rings. The summed E-state index contributed by atoms with van der Waals surface area (Å²) in [6.45, 7) is 5.23. The Balaban J connectivity index is 1.74. The number of hydrogen-bond donors (Lipinski definition) is 2. The van der Waals surface area contributed by atoms with E-state index < -0.39 is 0 Å². The summed E-state index contributed by atoms with van der Waals surface area (Å²) in [6.07, 6.45) is 8.14. The summed E-state index contributed by atoms with van der Waals surface area (Å²) in [4.78, 5) is 8.76. The highest BCUT2D eigenvalue weighted by Gasteiger charge is 2.14. The van der Waals surface area contributed by atoms with Crippen LogP contribution in [0.1, 0.15) is 18.7 Å². The molecule has 106 valence electrons. The zero-order valence-electron chi connectivity index (χ0n) is 11.8. The fourth-order valence-electron chi connectivity index (χ4n) is 2.68. The number of aryl methyl sites for hydroxylation is 1. The van der Waals surface area contributed by atoms with Gasteiger partial charge in [0.25, 0.3) is 0 Å². The van der Waals surface area contributed by atoms with Crippen molar-refractivity contribution < 1.29 is 0 Å². The van der Waals surface area contributed by atoms with Crippen LogP contribution < -0.4 is 10.6 Å². The van der Waals surface area contributed by atoms with E-state index in [0.29, 0.717) is 5.92 Å². The van der Waals surface area contributed by atoms with Gasteiger partial charge >= 0.3 is 0 Å². The minimum atomic E-state index is 0.695. The van der Waals surface area contributed by atoms with Gasteiger partial charge in [0.05, 0.1) is 5.69 Å². The van der Waals surface area contributed by atoms with Crippen LogP contribution in [0.2, 0.25) is 0 Å². The van der Waals surface area contributed by atoms with E-state index in [2.05, 4.69) is 26.7 Å². The van der Waals surface area contributed by atoms with Gasteiger partial charge in [-0.15, -0.1) is 0 Å². The third-order valence-corrected chi connectivity index (χ3v) is 3.82. The largest absolute Gasteiger partial charge is 0.382 e. The summed E-state index contributed by atoms with van der Waals surface area (Å²) in [5.74, 6) is 2.57. The molecule has 1 aliphatic heterocycles. The van der Waals surface area contributed by atoms with Crippen LogP contribution >= 0.6 is 0 Å². The van der Waals surface area contributed by atoms with Crippen molar-refractivity contribution in [3.63, 3.8) is 0 Å². The van der Waals surface area contributed by atoms with Crippen LogP contribution in [0.4, 0.5) is 5.69 Å². The van der Waals surface area contributed by atoms with Gasteiger partial charge in [0.15, 0.2) is 5.82 Å². The van der Waals surface area contributed by atoms with Crippen LogP contribution in [0.25, 0.3) is 5.82 Å². The number of nitrogens with one attached hydrogen (secondary N) is 2. The molecule has 1 saturated heterocycles. The molecule has 2 N–H and O–H groups in total. The molecule has 0 spiro atoms. The summed E-state index contributed by atoms with van der Waals surface area (Å²) in [5.41, 5.74) is 1.07. The first-order valence-electron chi connectivity index (χ1n) is 7.24. The van der Waals surface area contributed by atoms with Gasteiger partial charge in [-0.25, -0.2) is 9.97 Å². The monoisotopic (exact) mass is 271 g/mol. The SMILES string of the molecule is Cc1nccn1-c1ncccc1NCC1CCCNC1. The van der Waals surface area contributed by atoms with Crippen LogP contribution in [0.15, 0.2) is 30.7 Å². The van der Waals surface area contributed by atoms with E-state index in [1.807, 2.05) is 30.0 Å². The highest BCUT2D eigenvalue weighted by Crippen LogP contribution is 2.19. The molecule has 3 heterocycles. The fraction of sp³-hybridized carbons (Fsp3) is 0.467. The van der Waals surface area contributed by atoms with Gasteiger partial charge in [0.2, 0.25) is 0 Å². The summed E-state index contributed by atoms with van der Waals surface area (Å²) in [6, 6.07) is 4.05. The van der Waals surface area contributed by atoms with E-state index >= 15 is 0 Å². The van der Waals surface area contributed by atoms with E-state index in [4.69, 9.17) is 0 Å². The van der Waals surface area contributed by atoms with E-state index in [1.54, 1.807) is 6.20 Å². The van der Waals surface area contributed by atoms with Crippen LogP contribution in [0, 0.1) is 12.8 Å². The quantitative estimate of drug-likeness (QED) is 0.893. The normalized spacial score (nSPS) is 18.9. The van der Waals surface area contributed by atoms with Crippen molar-refractivity contribution in [1.29, 1.82) is 0 Å². The summed E-state index contributed by atoms with van der Waals surface area (Å²) < 4.78 is 2.02. The molecule has 2 aromatic heterocycles. The van der Waals surface area contributed by atoms with Gasteiger partial charge in [-0.1, -0.05) is 0 Å². The van der Waals surface area contributed by atoms with Crippen molar-refractivity contribution in [2.75, 3.05) is 25.0 Å². The maximum absolute atomic E-state index is 4.49. The molecule has 3 rings (SSSR count). The fourth-order valence-corrected chi connectivity index (χ4v) is 2.68. The second kappa shape index (κ2) is 6.05. The highest BCUT2D eigenvalue weighted by atomic mass is 15.1. The first-order valence-corrected chi connectivity index (χ1v) is 7.24. The number of pyridine rings is 1. The van der Waals surface area contributed by atoms with Gasteiger partial charge in [0.1, 0.15) is 5.82 Å². The Kier molecular flexibility index (Phi) is 3.97. The number of piperidine rings is 1. The minimum Gasteiger partial charge on any atom is -0.382 e. The molecular formula is C15H21N5. The van der Waals surface area contributed by atoms with E-state index in [9.17, 15) is 0 Å². The maximum atomic E-state index is 4.49. The molecule has 0 radical (unpaired) electrons. The molecule has 5 heteroatoms. The Morgan fingerprint density at radius 3 is 3.10 bits per heavy atom. The third kappa shape index (κ3) is 2.82. The van der Waals surface area contributed by atoms with Crippen LogP contribution in [0.3, 0.4) is 0 Å². The molecule has 0 aromatic carbocycles. The Morgan fingerprint density at radius 2 is 2.35 bits per heavy atom. The molecule has 1 aliphatic rings. The predicted octanol–water partition coefficient (Wildman–Crippen LogP) is 1.99. The Morgan fingerprint density at radius 1 is 1.40 bits per heavy atom. The van der Waals surface area contributed by atoms with Gasteiger partial charge in [0, 0.05) is 25.1 Å². The lowest BCUT2D eigenvalue weighted by Gasteiger charge is -2.24. The Bertz CT molecular complexity index is 557. The smallest absolute Gasteiger partial charge is 0.161 e. The molecular weight excluding hydrogens is 250 g/mol. The predicted molar refractivity (Wildman–Crippen MR) is 80.2 cm³/mol. The van der Waals surface area contributed by atoms with Crippen molar-refractivity contribution in [2.45, 2.75) is 19.8 Å². The molecule has 0 amide bonds. The van der Waals surface area contributed by atoms with Crippen molar-refractivity contribution in [1.82, 2.24) is 19.9 Å². The van der Waals surface area contributed by atoms with Gasteiger partial charge in [-0.3, -0.25) is 4.57 Å². The number of hydrogen-bond acceptors (Lipinski definition) is 4. The standard InChI is InChI=1S/C15H21N5/c1-12-17-8-9-20(12)15-14(5-3-7-18-15)19-11-13-4-2-6-16-10-13/h3,5,7-9,13,16,19H,2,4,6,10-11H2,1H3. The average Bonchev–Trinajstić information content (AvgIpc) is 2.92. The molecule has 0 saturated carbocycles. The van der Waals surface area contributed by atoms with Crippen molar-refractivity contribution >= 4 is 5.69 Å². The molecule has 0 bridgehead atoms. The van der Waals surface area contributed by atoms with Crippen molar-refractivity contribution in [3.8, 4) is 5.82 Å². The zero-order chi connectivity index (χ0) is 13.8. The zero-order valence-corrected chi connectivity index (χ0v) is 11.8. The lowest BCUT2D eigenvalue weighted by atomic mass is 10.00. The van der Waals surface area contributed by atoms with Crippen LogP contribution in [-0.4, -0.2) is 34.2 Å². The number of rotatable bonds is 4. The first-order chi connectivity index (χ1) is 9.84. The minimum absolute atomic E-state index is 0.695. The lowest BCUT2D eigenvalue weighted by molar-refractivity contribution is 0.393. The molecule has 0 aliphatic carbocycles.